The molecule has 3 aliphatic rings. The minimum absolute atomic E-state index is 0.0146. The van der Waals surface area contributed by atoms with E-state index < -0.39 is 38.7 Å². The van der Waals surface area contributed by atoms with E-state index in [0.717, 1.165) is 6.42 Å². The molecule has 1 aliphatic carbocycles. The molecule has 11 atom stereocenters. The molecule has 2 N–H and O–H groups in total. The van der Waals surface area contributed by atoms with Crippen LogP contribution in [0, 0.1) is 29.6 Å². The first-order valence-corrected chi connectivity index (χ1v) is 19.4. The van der Waals surface area contributed by atoms with Crippen LogP contribution in [0.4, 0.5) is 0 Å². The first-order valence-electron chi connectivity index (χ1n) is 16.4. The van der Waals surface area contributed by atoms with Gasteiger partial charge in [0.2, 0.25) is 0 Å². The second-order valence-corrected chi connectivity index (χ2v) is 19.8. The molecule has 0 amide bonds. The summed E-state index contributed by atoms with van der Waals surface area (Å²) < 4.78 is 30.6. The molecule has 4 rings (SSSR count). The van der Waals surface area contributed by atoms with Gasteiger partial charge >= 0.3 is 11.9 Å². The third-order valence-electron chi connectivity index (χ3n) is 10.6. The summed E-state index contributed by atoms with van der Waals surface area (Å²) in [4.78, 5) is 29.2. The van der Waals surface area contributed by atoms with Gasteiger partial charge in [0.05, 0.1) is 18.8 Å². The van der Waals surface area contributed by atoms with Gasteiger partial charge in [0.15, 0.2) is 14.4 Å². The van der Waals surface area contributed by atoms with E-state index in [-0.39, 0.29) is 52.8 Å². The molecule has 2 fully saturated rings. The van der Waals surface area contributed by atoms with Crippen LogP contribution in [0.25, 0.3) is 0 Å². The van der Waals surface area contributed by atoms with E-state index in [1.807, 2.05) is 13.8 Å². The van der Waals surface area contributed by atoms with Crippen molar-refractivity contribution in [3.63, 3.8) is 0 Å². The molecule has 252 valence electrons. The van der Waals surface area contributed by atoms with Crippen molar-refractivity contribution in [3.05, 3.63) is 47.8 Å². The van der Waals surface area contributed by atoms with Gasteiger partial charge in [-0.15, -0.1) is 0 Å². The highest BCUT2D eigenvalue weighted by Crippen LogP contribution is 2.44. The van der Waals surface area contributed by atoms with E-state index in [1.165, 1.54) is 5.57 Å². The monoisotopic (exact) mass is 645 g/mol. The predicted octanol–water partition coefficient (Wildman–Crippen LogP) is 6.07. The minimum atomic E-state index is -2.09. The van der Waals surface area contributed by atoms with E-state index in [4.69, 9.17) is 23.4 Å². The Kier molecular flexibility index (Phi) is 11.3. The van der Waals surface area contributed by atoms with Gasteiger partial charge in [0, 0.05) is 37.0 Å². The number of allylic oxidation sites excluding steroid dienone is 2. The van der Waals surface area contributed by atoms with E-state index in [9.17, 15) is 14.7 Å². The van der Waals surface area contributed by atoms with Crippen LogP contribution in [0.2, 0.25) is 18.1 Å². The molecular formula is C35H55NO8Si. The average molecular weight is 646 g/mol. The highest BCUT2D eigenvalue weighted by Gasteiger charge is 2.54. The number of aromatic nitrogens is 1. The van der Waals surface area contributed by atoms with Crippen molar-refractivity contribution in [1.29, 1.82) is 0 Å². The van der Waals surface area contributed by atoms with Crippen LogP contribution in [0.3, 0.4) is 0 Å². The highest BCUT2D eigenvalue weighted by molar-refractivity contribution is 6.74. The lowest BCUT2D eigenvalue weighted by Crippen LogP contribution is -2.51. The Hall–Kier alpha value is -2.24. The first-order chi connectivity index (χ1) is 21.0. The van der Waals surface area contributed by atoms with Gasteiger partial charge in [-0.2, -0.15) is 0 Å². The van der Waals surface area contributed by atoms with Gasteiger partial charge in [-0.3, -0.25) is 0 Å². The van der Waals surface area contributed by atoms with E-state index in [0.29, 0.717) is 18.7 Å². The number of fused-ring (bicyclic) bond motifs is 2. The minimum Gasteiger partial charge on any atom is -0.457 e. The van der Waals surface area contributed by atoms with Crippen molar-refractivity contribution in [3.8, 4) is 0 Å². The Bertz CT molecular complexity index is 1220. The number of methoxy groups -OCH3 is 1. The molecule has 3 heterocycles. The summed E-state index contributed by atoms with van der Waals surface area (Å²) in [6, 6.07) is 3.41. The lowest BCUT2D eigenvalue weighted by Gasteiger charge is -2.41. The smallest absolute Gasteiger partial charge is 0.355 e. The Morgan fingerprint density at radius 2 is 1.93 bits per heavy atom. The fraction of sp³-hybridized carbons (Fsp3) is 0.714. The number of nitrogens with one attached hydrogen (secondary N) is 1. The molecule has 9 nitrogen and oxygen atoms in total. The third kappa shape index (κ3) is 8.01. The van der Waals surface area contributed by atoms with Crippen LogP contribution in [0.5, 0.6) is 0 Å². The molecule has 2 aliphatic heterocycles. The Morgan fingerprint density at radius 1 is 1.22 bits per heavy atom. The first kappa shape index (κ1) is 35.6. The summed E-state index contributed by atoms with van der Waals surface area (Å²) in [6.07, 6.45) is 6.20. The quantitative estimate of drug-likeness (QED) is 0.199. The summed E-state index contributed by atoms with van der Waals surface area (Å²) in [7, 11) is -0.542. The lowest BCUT2D eigenvalue weighted by molar-refractivity contribution is -0.169. The van der Waals surface area contributed by atoms with Crippen molar-refractivity contribution < 1.29 is 38.1 Å². The number of carbonyl (C=O) groups is 2. The van der Waals surface area contributed by atoms with Crippen molar-refractivity contribution in [2.24, 2.45) is 29.6 Å². The number of esters is 2. The molecule has 1 aromatic rings. The molecule has 1 aromatic heterocycles. The Labute approximate surface area is 270 Å². The molecule has 0 aromatic carbocycles. The number of aromatic amines is 1. The molecule has 1 unspecified atom stereocenters. The maximum atomic E-state index is 13.5. The number of H-pyrrole nitrogens is 1. The van der Waals surface area contributed by atoms with E-state index >= 15 is 0 Å². The number of hydrogen-bond donors (Lipinski definition) is 2. The number of aliphatic hydroxyl groups is 1. The van der Waals surface area contributed by atoms with Crippen molar-refractivity contribution in [1.82, 2.24) is 4.98 Å². The highest BCUT2D eigenvalue weighted by atomic mass is 28.4. The number of hydrogen-bond acceptors (Lipinski definition) is 8. The maximum Gasteiger partial charge on any atom is 0.355 e. The van der Waals surface area contributed by atoms with Crippen LogP contribution >= 0.6 is 0 Å². The van der Waals surface area contributed by atoms with E-state index in [1.54, 1.807) is 25.4 Å². The molecule has 0 radical (unpaired) electrons. The van der Waals surface area contributed by atoms with Crippen LogP contribution in [-0.2, 0) is 28.2 Å². The summed E-state index contributed by atoms with van der Waals surface area (Å²) in [5.41, 5.74) is 1.56. The Balaban J connectivity index is 1.53. The normalized spacial score (nSPS) is 36.7. The molecule has 2 bridgehead atoms. The van der Waals surface area contributed by atoms with Crippen LogP contribution in [-0.4, -0.2) is 80.7 Å². The second kappa shape index (κ2) is 14.3. The second-order valence-electron chi connectivity index (χ2n) is 15.0. The Morgan fingerprint density at radius 3 is 2.56 bits per heavy atom. The predicted molar refractivity (Wildman–Crippen MR) is 175 cm³/mol. The SMILES string of the molecule is CO[C@H]1CC(/C=C\[C@@H]2[C@@H]3CO[C@H]2[C@H](OC(=O)c2ccc[nH]2)[C@H](C)[C@H]3O)C/C(C)=C/[C@@H](C)[C@@H]([C@@H](C)O[Si](C)(C)C(C)(C)C)OC1=O. The standard InChI is InChI=1S/C35H55NO8Si/c1-20-16-21(2)30(23(4)44-45(9,10)35(5,6)7)42-34(39)28(40-8)18-24(17-20)13-14-25-26-19-41-32(25)31(22(3)29(26)37)43-33(38)27-12-11-15-36-27/h11-16,21-26,28-32,36-37H,17-19H2,1-10H3/b14-13-,20-16+/t21-,22-,23-,24?,25-,26+,28+,29-,30+,31-,32-/m1/s1. The third-order valence-corrected chi connectivity index (χ3v) is 15.1. The molecule has 45 heavy (non-hydrogen) atoms. The van der Waals surface area contributed by atoms with Gasteiger partial charge in [-0.25, -0.2) is 9.59 Å². The van der Waals surface area contributed by atoms with Gasteiger partial charge in [0.25, 0.3) is 0 Å². The zero-order valence-electron chi connectivity index (χ0n) is 28.7. The largest absolute Gasteiger partial charge is 0.457 e. The zero-order chi connectivity index (χ0) is 33.3. The molecule has 1 saturated carbocycles. The van der Waals surface area contributed by atoms with Crippen LogP contribution < -0.4 is 0 Å². The van der Waals surface area contributed by atoms with Crippen molar-refractivity contribution >= 4 is 20.3 Å². The number of carbonyl (C=O) groups excluding carboxylic acids is 2. The maximum absolute atomic E-state index is 13.5. The van der Waals surface area contributed by atoms with Crippen LogP contribution in [0.15, 0.2) is 42.1 Å². The van der Waals surface area contributed by atoms with Gasteiger partial charge in [-0.1, -0.05) is 58.4 Å². The lowest BCUT2D eigenvalue weighted by atomic mass is 9.71. The number of ether oxygens (including phenoxy) is 4. The zero-order valence-corrected chi connectivity index (χ0v) is 29.7. The van der Waals surface area contributed by atoms with Crippen molar-refractivity contribution in [2.45, 2.75) is 116 Å². The topological polar surface area (TPSA) is 116 Å². The average Bonchev–Trinajstić information content (AvgIpc) is 3.62. The summed E-state index contributed by atoms with van der Waals surface area (Å²) >= 11 is 0. The number of aliphatic hydroxyl groups excluding tert-OH is 1. The molecule has 1 saturated heterocycles. The molecule has 0 spiro atoms. The molecule has 10 heteroatoms. The van der Waals surface area contributed by atoms with Gasteiger partial charge < -0.3 is 33.5 Å². The van der Waals surface area contributed by atoms with Crippen LogP contribution in [0.1, 0.15) is 71.8 Å². The fourth-order valence-corrected chi connectivity index (χ4v) is 8.35. The number of cyclic esters (lactones) is 1. The van der Waals surface area contributed by atoms with Gasteiger partial charge in [0.1, 0.15) is 24.0 Å². The number of rotatable bonds is 8. The van der Waals surface area contributed by atoms with Gasteiger partial charge in [-0.05, 0) is 62.9 Å². The van der Waals surface area contributed by atoms with E-state index in [2.05, 4.69) is 70.9 Å². The van der Waals surface area contributed by atoms with Crippen molar-refractivity contribution in [2.75, 3.05) is 13.7 Å². The molecular weight excluding hydrogens is 590 g/mol. The fourth-order valence-electron chi connectivity index (χ4n) is 6.94. The summed E-state index contributed by atoms with van der Waals surface area (Å²) in [6.45, 7) is 19.5. The summed E-state index contributed by atoms with van der Waals surface area (Å²) in [5, 5.41) is 11.2. The summed E-state index contributed by atoms with van der Waals surface area (Å²) in [5.74, 6) is -1.43.